The van der Waals surface area contributed by atoms with E-state index in [0.717, 1.165) is 0 Å². The van der Waals surface area contributed by atoms with Crippen molar-refractivity contribution in [1.29, 1.82) is 0 Å². The summed E-state index contributed by atoms with van der Waals surface area (Å²) in [6.07, 6.45) is 1.31. The van der Waals surface area contributed by atoms with Crippen LogP contribution in [-0.2, 0) is 4.79 Å². The Labute approximate surface area is 78.3 Å². The summed E-state index contributed by atoms with van der Waals surface area (Å²) >= 11 is 0. The number of urea groups is 1. The first kappa shape index (κ1) is 10.0. The first-order valence-corrected chi connectivity index (χ1v) is 4.75. The minimum absolute atomic E-state index is 0.0787. The molecular formula is C9H16N2O2. The molecule has 1 rings (SSSR count). The highest BCUT2D eigenvalue weighted by Gasteiger charge is 2.47. The maximum atomic E-state index is 11.8. The Hall–Kier alpha value is -1.06. The molecule has 1 N–H and O–H groups in total. The van der Waals surface area contributed by atoms with E-state index in [4.69, 9.17) is 0 Å². The van der Waals surface area contributed by atoms with E-state index < -0.39 is 5.54 Å². The largest absolute Gasteiger partial charge is 0.325 e. The van der Waals surface area contributed by atoms with E-state index in [2.05, 4.69) is 5.32 Å². The first-order valence-electron chi connectivity index (χ1n) is 4.75. The molecule has 3 amide bonds. The van der Waals surface area contributed by atoms with Crippen molar-refractivity contribution in [2.45, 2.75) is 39.2 Å². The van der Waals surface area contributed by atoms with Crippen LogP contribution < -0.4 is 5.32 Å². The molecule has 4 nitrogen and oxygen atoms in total. The van der Waals surface area contributed by atoms with Gasteiger partial charge in [0.15, 0.2) is 0 Å². The first-order chi connectivity index (χ1) is 6.11. The minimum Gasteiger partial charge on any atom is -0.323 e. The van der Waals surface area contributed by atoms with Crippen molar-refractivity contribution in [3.63, 3.8) is 0 Å². The van der Waals surface area contributed by atoms with Gasteiger partial charge in [-0.2, -0.15) is 0 Å². The quantitative estimate of drug-likeness (QED) is 0.668. The van der Waals surface area contributed by atoms with Gasteiger partial charge in [-0.15, -0.1) is 0 Å². The zero-order valence-corrected chi connectivity index (χ0v) is 8.39. The molecule has 0 bridgehead atoms. The predicted molar refractivity (Wildman–Crippen MR) is 49.2 cm³/mol. The number of nitrogens with zero attached hydrogens (tertiary/aromatic N) is 1. The summed E-state index contributed by atoms with van der Waals surface area (Å²) in [5.74, 6) is -0.0787. The second-order valence-corrected chi connectivity index (χ2v) is 3.27. The summed E-state index contributed by atoms with van der Waals surface area (Å²) in [5, 5.41) is 2.75. The fourth-order valence-corrected chi connectivity index (χ4v) is 1.69. The Bertz CT molecular complexity index is 234. The van der Waals surface area contributed by atoms with Crippen molar-refractivity contribution in [2.24, 2.45) is 0 Å². The van der Waals surface area contributed by atoms with Crippen molar-refractivity contribution < 1.29 is 9.59 Å². The van der Waals surface area contributed by atoms with Crippen molar-refractivity contribution in [3.05, 3.63) is 0 Å². The van der Waals surface area contributed by atoms with Gasteiger partial charge in [0.2, 0.25) is 0 Å². The maximum absolute atomic E-state index is 11.8. The molecule has 0 radical (unpaired) electrons. The van der Waals surface area contributed by atoms with Gasteiger partial charge in [-0.05, 0) is 19.8 Å². The monoisotopic (exact) mass is 184 g/mol. The number of imide groups is 1. The van der Waals surface area contributed by atoms with E-state index in [9.17, 15) is 9.59 Å². The topological polar surface area (TPSA) is 49.4 Å². The standard InChI is InChI=1S/C9H16N2O2/c1-4-9(5-2)7(12)11(6-3)8(13)10-9/h4-6H2,1-3H3,(H,10,13). The van der Waals surface area contributed by atoms with E-state index >= 15 is 0 Å². The molecule has 74 valence electrons. The van der Waals surface area contributed by atoms with E-state index in [1.165, 1.54) is 4.90 Å². The Morgan fingerprint density at radius 3 is 2.00 bits per heavy atom. The van der Waals surface area contributed by atoms with Gasteiger partial charge in [0.25, 0.3) is 5.91 Å². The van der Waals surface area contributed by atoms with Gasteiger partial charge in [0.1, 0.15) is 5.54 Å². The third kappa shape index (κ3) is 1.30. The third-order valence-corrected chi connectivity index (χ3v) is 2.77. The molecule has 0 aromatic heterocycles. The molecule has 1 saturated heterocycles. The fourth-order valence-electron chi connectivity index (χ4n) is 1.69. The number of nitrogens with one attached hydrogen (secondary N) is 1. The van der Waals surface area contributed by atoms with Gasteiger partial charge < -0.3 is 5.32 Å². The highest BCUT2D eigenvalue weighted by atomic mass is 16.2. The Morgan fingerprint density at radius 2 is 1.77 bits per heavy atom. The number of hydrogen-bond acceptors (Lipinski definition) is 2. The molecule has 1 heterocycles. The summed E-state index contributed by atoms with van der Waals surface area (Å²) in [6.45, 7) is 6.09. The molecule has 0 aromatic carbocycles. The molecule has 13 heavy (non-hydrogen) atoms. The van der Waals surface area contributed by atoms with Crippen LogP contribution in [0.5, 0.6) is 0 Å². The molecular weight excluding hydrogens is 168 g/mol. The van der Waals surface area contributed by atoms with E-state index in [0.29, 0.717) is 19.4 Å². The molecule has 0 spiro atoms. The van der Waals surface area contributed by atoms with Gasteiger partial charge in [0.05, 0.1) is 0 Å². The van der Waals surface area contributed by atoms with Gasteiger partial charge >= 0.3 is 6.03 Å². The fraction of sp³-hybridized carbons (Fsp3) is 0.778. The molecule has 0 unspecified atom stereocenters. The summed E-state index contributed by atoms with van der Waals surface area (Å²) in [6, 6.07) is -0.254. The average Bonchev–Trinajstić information content (AvgIpc) is 2.38. The van der Waals surface area contributed by atoms with Crippen LogP contribution in [0, 0.1) is 0 Å². The summed E-state index contributed by atoms with van der Waals surface area (Å²) in [7, 11) is 0. The lowest BCUT2D eigenvalue weighted by Gasteiger charge is -2.22. The van der Waals surface area contributed by atoms with Crippen LogP contribution in [0.2, 0.25) is 0 Å². The van der Waals surface area contributed by atoms with Gasteiger partial charge in [-0.1, -0.05) is 13.8 Å². The van der Waals surface area contributed by atoms with Crippen LogP contribution >= 0.6 is 0 Å². The van der Waals surface area contributed by atoms with Crippen molar-refractivity contribution in [2.75, 3.05) is 6.54 Å². The van der Waals surface area contributed by atoms with Crippen LogP contribution in [-0.4, -0.2) is 28.9 Å². The Morgan fingerprint density at radius 1 is 1.23 bits per heavy atom. The zero-order valence-electron chi connectivity index (χ0n) is 8.39. The van der Waals surface area contributed by atoms with E-state index in [-0.39, 0.29) is 11.9 Å². The van der Waals surface area contributed by atoms with Crippen molar-refractivity contribution in [1.82, 2.24) is 10.2 Å². The smallest absolute Gasteiger partial charge is 0.323 e. The lowest BCUT2D eigenvalue weighted by molar-refractivity contribution is -0.131. The van der Waals surface area contributed by atoms with E-state index in [1.807, 2.05) is 13.8 Å². The molecule has 4 heteroatoms. The SMILES string of the molecule is CCN1C(=O)NC(CC)(CC)C1=O. The molecule has 1 aliphatic heterocycles. The van der Waals surface area contributed by atoms with Crippen molar-refractivity contribution in [3.8, 4) is 0 Å². The predicted octanol–water partition coefficient (Wildman–Crippen LogP) is 1.12. The molecule has 1 fully saturated rings. The average molecular weight is 184 g/mol. The molecule has 0 saturated carbocycles. The highest BCUT2D eigenvalue weighted by molar-refractivity contribution is 6.06. The minimum atomic E-state index is -0.632. The molecule has 1 aliphatic rings. The lowest BCUT2D eigenvalue weighted by atomic mass is 9.93. The van der Waals surface area contributed by atoms with Gasteiger partial charge in [0, 0.05) is 6.54 Å². The van der Waals surface area contributed by atoms with E-state index in [1.54, 1.807) is 6.92 Å². The number of hydrogen-bond donors (Lipinski definition) is 1. The Balaban J connectivity index is 2.94. The second kappa shape index (κ2) is 3.36. The number of carbonyl (C=O) groups is 2. The molecule has 0 aromatic rings. The summed E-state index contributed by atoms with van der Waals surface area (Å²) in [4.78, 5) is 24.4. The van der Waals surface area contributed by atoms with Crippen LogP contribution in [0.1, 0.15) is 33.6 Å². The number of amides is 3. The zero-order chi connectivity index (χ0) is 10.1. The second-order valence-electron chi connectivity index (χ2n) is 3.27. The number of carbonyl (C=O) groups excluding carboxylic acids is 2. The molecule has 0 atom stereocenters. The normalized spacial score (nSPS) is 20.7. The number of rotatable bonds is 3. The summed E-state index contributed by atoms with van der Waals surface area (Å²) < 4.78 is 0. The number of likely N-dealkylation sites (N-methyl/N-ethyl adjacent to an activating group) is 1. The summed E-state index contributed by atoms with van der Waals surface area (Å²) in [5.41, 5.74) is -0.632. The van der Waals surface area contributed by atoms with Gasteiger partial charge in [-0.25, -0.2) is 4.79 Å². The van der Waals surface area contributed by atoms with Crippen LogP contribution in [0.15, 0.2) is 0 Å². The maximum Gasteiger partial charge on any atom is 0.325 e. The lowest BCUT2D eigenvalue weighted by Crippen LogP contribution is -2.45. The Kier molecular flexibility index (Phi) is 2.59. The van der Waals surface area contributed by atoms with Crippen LogP contribution in [0.25, 0.3) is 0 Å². The van der Waals surface area contributed by atoms with Gasteiger partial charge in [-0.3, -0.25) is 9.69 Å². The third-order valence-electron chi connectivity index (χ3n) is 2.77. The van der Waals surface area contributed by atoms with Crippen LogP contribution in [0.3, 0.4) is 0 Å². The van der Waals surface area contributed by atoms with Crippen LogP contribution in [0.4, 0.5) is 4.79 Å². The molecule has 0 aliphatic carbocycles. The van der Waals surface area contributed by atoms with Crippen molar-refractivity contribution >= 4 is 11.9 Å². The highest BCUT2D eigenvalue weighted by Crippen LogP contribution is 2.24.